The number of rotatable bonds is 7. The third-order valence-corrected chi connectivity index (χ3v) is 7.91. The summed E-state index contributed by atoms with van der Waals surface area (Å²) in [5, 5.41) is 49.6. The van der Waals surface area contributed by atoms with Crippen LogP contribution in [0.2, 0.25) is 0 Å². The van der Waals surface area contributed by atoms with Gasteiger partial charge in [-0.15, -0.1) is 0 Å². The van der Waals surface area contributed by atoms with Gasteiger partial charge in [0.2, 0.25) is 11.7 Å². The monoisotopic (exact) mass is 584 g/mol. The number of phenolic OH excluding ortho intramolecular Hbond substituents is 1. The fourth-order valence-electron chi connectivity index (χ4n) is 5.98. The zero-order valence-electron chi connectivity index (χ0n) is 23.1. The first-order valence-corrected chi connectivity index (χ1v) is 13.0. The standard InChI is InChI=1S/C28H32N4O10/c1-5-8-42-27(40)30-11(2)26(39)31-15-7-6-12-9-13-10-14-19(32(3)4)22(35)18(25(29)38)24(37)28(14,41)23(36)17(13)21(34)16(12)20(15)33/h5-7,11,13-14,19,33-34,37,41H,1,8-10H2,2-4H3,(H2,29,38)(H,30,40)(H,31,39)/t11?,13?,14?,19-,28-/m0/s1. The molecule has 1 saturated carbocycles. The van der Waals surface area contributed by atoms with Gasteiger partial charge in [-0.2, -0.15) is 0 Å². The highest BCUT2D eigenvalue weighted by atomic mass is 16.5. The number of likely N-dealkylation sites (N-methyl/N-ethyl adjacent to an activating group) is 1. The Kier molecular flexibility index (Phi) is 7.89. The maximum Gasteiger partial charge on any atom is 0.408 e. The molecule has 3 aliphatic carbocycles. The van der Waals surface area contributed by atoms with E-state index in [1.807, 2.05) is 0 Å². The van der Waals surface area contributed by atoms with Crippen molar-refractivity contribution in [2.45, 2.75) is 37.5 Å². The zero-order valence-corrected chi connectivity index (χ0v) is 23.1. The van der Waals surface area contributed by atoms with Crippen LogP contribution in [0.25, 0.3) is 5.76 Å². The molecule has 3 unspecified atom stereocenters. The van der Waals surface area contributed by atoms with Gasteiger partial charge < -0.3 is 41.5 Å². The molecule has 3 amide bonds. The van der Waals surface area contributed by atoms with Crippen molar-refractivity contribution >= 4 is 40.9 Å². The Balaban J connectivity index is 1.73. The van der Waals surface area contributed by atoms with E-state index in [0.29, 0.717) is 5.56 Å². The van der Waals surface area contributed by atoms with E-state index in [0.717, 1.165) is 0 Å². The highest BCUT2D eigenvalue weighted by Crippen LogP contribution is 2.53. The number of aliphatic hydroxyl groups is 3. The van der Waals surface area contributed by atoms with E-state index >= 15 is 0 Å². The normalized spacial score (nSPS) is 25.7. The Morgan fingerprint density at radius 2 is 1.90 bits per heavy atom. The second-order valence-electron chi connectivity index (χ2n) is 10.7. The van der Waals surface area contributed by atoms with Gasteiger partial charge in [0.25, 0.3) is 5.91 Å². The number of alkyl carbamates (subject to hydrolysis) is 1. The van der Waals surface area contributed by atoms with E-state index < -0.39 is 81.8 Å². The summed E-state index contributed by atoms with van der Waals surface area (Å²) in [7, 11) is 3.03. The number of carbonyl (C=O) groups excluding carboxylic acids is 5. The number of fused-ring (bicyclic) bond motifs is 3. The summed E-state index contributed by atoms with van der Waals surface area (Å²) in [5.74, 6) is -8.42. The molecule has 0 bridgehead atoms. The van der Waals surface area contributed by atoms with E-state index in [1.54, 1.807) is 0 Å². The van der Waals surface area contributed by atoms with Crippen LogP contribution >= 0.6 is 0 Å². The molecule has 14 nitrogen and oxygen atoms in total. The third-order valence-electron chi connectivity index (χ3n) is 7.91. The van der Waals surface area contributed by atoms with Crippen molar-refractivity contribution in [1.29, 1.82) is 0 Å². The van der Waals surface area contributed by atoms with Gasteiger partial charge in [0.05, 0.1) is 17.3 Å². The molecule has 3 aliphatic rings. The smallest absolute Gasteiger partial charge is 0.408 e. The van der Waals surface area contributed by atoms with Crippen molar-refractivity contribution in [3.63, 3.8) is 0 Å². The van der Waals surface area contributed by atoms with Crippen LogP contribution in [0.4, 0.5) is 10.5 Å². The summed E-state index contributed by atoms with van der Waals surface area (Å²) < 4.78 is 4.78. The van der Waals surface area contributed by atoms with Gasteiger partial charge in [0.15, 0.2) is 11.4 Å². The fourth-order valence-corrected chi connectivity index (χ4v) is 5.98. The Labute approximate surface area is 240 Å². The number of nitrogens with one attached hydrogen (secondary N) is 2. The highest BCUT2D eigenvalue weighted by molar-refractivity contribution is 6.24. The summed E-state index contributed by atoms with van der Waals surface area (Å²) in [6.07, 6.45) is 0.532. The average molecular weight is 585 g/mol. The number of anilines is 1. The Morgan fingerprint density at radius 1 is 1.24 bits per heavy atom. The zero-order chi connectivity index (χ0) is 31.3. The van der Waals surface area contributed by atoms with Gasteiger partial charge in [0, 0.05) is 11.5 Å². The van der Waals surface area contributed by atoms with Crippen LogP contribution in [0, 0.1) is 11.8 Å². The molecule has 4 rings (SSSR count). The number of primary amides is 1. The minimum absolute atomic E-state index is 0.0455. The molecule has 1 fully saturated rings. The first-order chi connectivity index (χ1) is 19.7. The number of ether oxygens (including phenoxy) is 1. The SMILES string of the molecule is C=CCOC(=O)NC(C)C(=O)Nc1ccc2c(c1O)C(O)=C1C(=O)[C@]3(O)C(O)=C(C(N)=O)C(=O)[C@@H](N(C)C)C3CC1C2. The molecule has 42 heavy (non-hydrogen) atoms. The molecule has 5 atom stereocenters. The Hall–Kier alpha value is -4.69. The molecule has 0 saturated heterocycles. The Bertz CT molecular complexity index is 1480. The van der Waals surface area contributed by atoms with Crippen molar-refractivity contribution in [3.8, 4) is 5.75 Å². The second-order valence-corrected chi connectivity index (χ2v) is 10.7. The third kappa shape index (κ3) is 4.67. The quantitative estimate of drug-likeness (QED) is 0.130. The number of nitrogens with two attached hydrogens (primary N) is 1. The summed E-state index contributed by atoms with van der Waals surface area (Å²) in [4.78, 5) is 64.9. The molecule has 14 heteroatoms. The summed E-state index contributed by atoms with van der Waals surface area (Å²) in [6, 6.07) is 0.637. The number of hydrogen-bond acceptors (Lipinski definition) is 11. The first-order valence-electron chi connectivity index (χ1n) is 13.0. The lowest BCUT2D eigenvalue weighted by molar-refractivity contribution is -0.153. The van der Waals surface area contributed by atoms with Gasteiger partial charge in [0.1, 0.15) is 35.5 Å². The lowest BCUT2D eigenvalue weighted by atomic mass is 9.57. The van der Waals surface area contributed by atoms with Crippen LogP contribution in [0.15, 0.2) is 41.7 Å². The van der Waals surface area contributed by atoms with Crippen molar-refractivity contribution in [2.75, 3.05) is 26.0 Å². The van der Waals surface area contributed by atoms with E-state index in [9.17, 15) is 44.4 Å². The maximum absolute atomic E-state index is 13.9. The van der Waals surface area contributed by atoms with Gasteiger partial charge in [-0.3, -0.25) is 24.1 Å². The Morgan fingerprint density at radius 3 is 2.50 bits per heavy atom. The molecule has 1 aromatic carbocycles. The number of ketones is 2. The first kappa shape index (κ1) is 30.3. The largest absolute Gasteiger partial charge is 0.508 e. The summed E-state index contributed by atoms with van der Waals surface area (Å²) >= 11 is 0. The molecule has 0 heterocycles. The number of aliphatic hydroxyl groups excluding tert-OH is 2. The number of aromatic hydroxyl groups is 1. The fraction of sp³-hybridized carbons (Fsp3) is 0.393. The van der Waals surface area contributed by atoms with Gasteiger partial charge in [-0.05, 0) is 51.4 Å². The number of benzene rings is 1. The molecule has 224 valence electrons. The topological polar surface area (TPSA) is 229 Å². The number of phenols is 1. The van der Waals surface area contributed by atoms with Crippen LogP contribution in [0.5, 0.6) is 5.75 Å². The van der Waals surface area contributed by atoms with E-state index in [2.05, 4.69) is 17.2 Å². The van der Waals surface area contributed by atoms with Crippen LogP contribution in [-0.2, 0) is 30.3 Å². The number of hydrogen-bond donors (Lipinski definition) is 7. The summed E-state index contributed by atoms with van der Waals surface area (Å²) in [5.41, 5.74) is 1.43. The van der Waals surface area contributed by atoms with Crippen molar-refractivity contribution in [2.24, 2.45) is 17.6 Å². The molecule has 0 radical (unpaired) electrons. The van der Waals surface area contributed by atoms with E-state index in [1.165, 1.54) is 44.1 Å². The molecule has 0 aromatic heterocycles. The maximum atomic E-state index is 13.9. The van der Waals surface area contributed by atoms with Crippen LogP contribution < -0.4 is 16.4 Å². The molecule has 0 aliphatic heterocycles. The van der Waals surface area contributed by atoms with E-state index in [4.69, 9.17) is 10.5 Å². The lowest BCUT2D eigenvalue weighted by Crippen LogP contribution is -2.65. The summed E-state index contributed by atoms with van der Waals surface area (Å²) in [6.45, 7) is 4.72. The van der Waals surface area contributed by atoms with Gasteiger partial charge >= 0.3 is 6.09 Å². The minimum atomic E-state index is -2.76. The van der Waals surface area contributed by atoms with Crippen molar-refractivity contribution in [1.82, 2.24) is 10.2 Å². The molecular formula is C28H32N4O10. The van der Waals surface area contributed by atoms with Crippen molar-refractivity contribution < 1.29 is 49.1 Å². The number of carbonyl (C=O) groups is 5. The predicted octanol–water partition coefficient (Wildman–Crippen LogP) is 0.203. The number of nitrogens with zero attached hydrogens (tertiary/aromatic N) is 1. The number of amides is 3. The molecular weight excluding hydrogens is 552 g/mol. The lowest BCUT2D eigenvalue weighted by Gasteiger charge is -2.50. The van der Waals surface area contributed by atoms with Gasteiger partial charge in [-0.1, -0.05) is 18.7 Å². The predicted molar refractivity (Wildman–Crippen MR) is 147 cm³/mol. The second kappa shape index (κ2) is 10.9. The van der Waals surface area contributed by atoms with Gasteiger partial charge in [-0.25, -0.2) is 4.79 Å². The highest BCUT2D eigenvalue weighted by Gasteiger charge is 2.64. The van der Waals surface area contributed by atoms with Crippen molar-refractivity contribution in [3.05, 3.63) is 52.8 Å². The van der Waals surface area contributed by atoms with Crippen LogP contribution in [-0.4, -0.2) is 93.2 Å². The molecule has 0 spiro atoms. The average Bonchev–Trinajstić information content (AvgIpc) is 2.90. The van der Waals surface area contributed by atoms with E-state index in [-0.39, 0.29) is 36.3 Å². The van der Waals surface area contributed by atoms with Crippen LogP contribution in [0.1, 0.15) is 24.5 Å². The minimum Gasteiger partial charge on any atom is -0.508 e. The molecule has 8 N–H and O–H groups in total. The number of Topliss-reactive ketones (excluding diaryl/α,β-unsaturated/α-hetero) is 2. The molecule has 1 aromatic rings. The van der Waals surface area contributed by atoms with Crippen LogP contribution in [0.3, 0.4) is 0 Å².